The zero-order valence-electron chi connectivity index (χ0n) is 16.0. The summed E-state index contributed by atoms with van der Waals surface area (Å²) in [7, 11) is 0. The lowest BCUT2D eigenvalue weighted by molar-refractivity contribution is -0.159. The molecule has 0 saturated carbocycles. The fraction of sp³-hybridized carbons (Fsp3) is 0.286. The van der Waals surface area contributed by atoms with Crippen LogP contribution in [-0.4, -0.2) is 40.1 Å². The van der Waals surface area contributed by atoms with Gasteiger partial charge in [0, 0.05) is 24.1 Å². The first kappa shape index (κ1) is 19.9. The van der Waals surface area contributed by atoms with Crippen molar-refractivity contribution in [2.24, 2.45) is 0 Å². The van der Waals surface area contributed by atoms with Gasteiger partial charge in [0.05, 0.1) is 6.54 Å². The van der Waals surface area contributed by atoms with E-state index in [9.17, 15) is 18.0 Å². The van der Waals surface area contributed by atoms with Crippen LogP contribution in [0.25, 0.3) is 11.4 Å². The van der Waals surface area contributed by atoms with Gasteiger partial charge in [-0.1, -0.05) is 35.0 Å². The lowest BCUT2D eigenvalue weighted by Gasteiger charge is -2.18. The van der Waals surface area contributed by atoms with Gasteiger partial charge >= 0.3 is 12.1 Å². The van der Waals surface area contributed by atoms with Crippen molar-refractivity contribution < 1.29 is 27.2 Å². The summed E-state index contributed by atoms with van der Waals surface area (Å²) >= 11 is 0. The molecule has 1 atom stereocenters. The first-order valence-electron chi connectivity index (χ1n) is 9.33. The number of benzene rings is 2. The first-order chi connectivity index (χ1) is 14.3. The summed E-state index contributed by atoms with van der Waals surface area (Å²) in [4.78, 5) is 17.8. The SMILES string of the molecule is Cc1cccc(C(=O)N2CC[C@@H](Oc3cccc(-c4noc(C(F)(F)F)n4)c3)C2)c1. The molecule has 1 saturated heterocycles. The van der Waals surface area contributed by atoms with Crippen LogP contribution in [0.3, 0.4) is 0 Å². The molecule has 30 heavy (non-hydrogen) atoms. The van der Waals surface area contributed by atoms with E-state index in [2.05, 4.69) is 14.7 Å². The summed E-state index contributed by atoms with van der Waals surface area (Å²) < 4.78 is 48.2. The number of aromatic nitrogens is 2. The highest BCUT2D eigenvalue weighted by atomic mass is 19.4. The van der Waals surface area contributed by atoms with Crippen molar-refractivity contribution in [1.29, 1.82) is 0 Å². The van der Waals surface area contributed by atoms with Crippen LogP contribution in [0, 0.1) is 6.92 Å². The number of likely N-dealkylation sites (tertiary alicyclic amines) is 1. The first-order valence-corrected chi connectivity index (χ1v) is 9.33. The smallest absolute Gasteiger partial charge is 0.471 e. The predicted octanol–water partition coefficient (Wildman–Crippen LogP) is 4.36. The van der Waals surface area contributed by atoms with Crippen molar-refractivity contribution in [3.63, 3.8) is 0 Å². The molecule has 1 aromatic heterocycles. The molecule has 0 aliphatic carbocycles. The number of hydrogen-bond donors (Lipinski definition) is 0. The van der Waals surface area contributed by atoms with Crippen molar-refractivity contribution in [2.45, 2.75) is 25.6 Å². The highest BCUT2D eigenvalue weighted by Crippen LogP contribution is 2.30. The number of aryl methyl sites for hydroxylation is 1. The van der Waals surface area contributed by atoms with Crippen LogP contribution >= 0.6 is 0 Å². The normalized spacial score (nSPS) is 16.7. The van der Waals surface area contributed by atoms with Crippen LogP contribution in [0.4, 0.5) is 13.2 Å². The Morgan fingerprint density at radius 2 is 2.00 bits per heavy atom. The topological polar surface area (TPSA) is 68.5 Å². The zero-order valence-corrected chi connectivity index (χ0v) is 16.0. The van der Waals surface area contributed by atoms with E-state index < -0.39 is 12.1 Å². The Kier molecular flexibility index (Phi) is 5.19. The second-order valence-electron chi connectivity index (χ2n) is 7.10. The molecule has 0 radical (unpaired) electrons. The monoisotopic (exact) mass is 417 g/mol. The lowest BCUT2D eigenvalue weighted by atomic mass is 10.1. The van der Waals surface area contributed by atoms with Gasteiger partial charge < -0.3 is 14.2 Å². The van der Waals surface area contributed by atoms with Crippen LogP contribution in [0.1, 0.15) is 28.2 Å². The maximum absolute atomic E-state index is 12.7. The molecule has 0 N–H and O–H groups in total. The van der Waals surface area contributed by atoms with Crippen LogP contribution < -0.4 is 4.74 Å². The minimum atomic E-state index is -4.70. The molecular weight excluding hydrogens is 399 g/mol. The zero-order chi connectivity index (χ0) is 21.3. The number of amides is 1. The second kappa shape index (κ2) is 7.81. The fourth-order valence-electron chi connectivity index (χ4n) is 3.33. The third kappa shape index (κ3) is 4.29. The predicted molar refractivity (Wildman–Crippen MR) is 101 cm³/mol. The Labute approximate surface area is 170 Å². The molecule has 3 aromatic rings. The Morgan fingerprint density at radius 1 is 1.20 bits per heavy atom. The Morgan fingerprint density at radius 3 is 2.73 bits per heavy atom. The maximum atomic E-state index is 12.7. The summed E-state index contributed by atoms with van der Waals surface area (Å²) in [6, 6.07) is 13.9. The minimum Gasteiger partial charge on any atom is -0.488 e. The molecule has 156 valence electrons. The Balaban J connectivity index is 1.42. The van der Waals surface area contributed by atoms with Gasteiger partial charge in [0.15, 0.2) is 0 Å². The number of hydrogen-bond acceptors (Lipinski definition) is 5. The van der Waals surface area contributed by atoms with Crippen molar-refractivity contribution in [1.82, 2.24) is 15.0 Å². The molecule has 6 nitrogen and oxygen atoms in total. The summed E-state index contributed by atoms with van der Waals surface area (Å²) in [6.07, 6.45) is -4.26. The van der Waals surface area contributed by atoms with Gasteiger partial charge in [-0.3, -0.25) is 4.79 Å². The molecule has 2 aromatic carbocycles. The van der Waals surface area contributed by atoms with Crippen LogP contribution in [0.2, 0.25) is 0 Å². The number of rotatable bonds is 4. The molecule has 1 aliphatic rings. The number of carbonyl (C=O) groups excluding carboxylic acids is 1. The van der Waals surface area contributed by atoms with E-state index in [1.807, 2.05) is 25.1 Å². The number of ether oxygens (including phenoxy) is 1. The minimum absolute atomic E-state index is 0.0509. The Bertz CT molecular complexity index is 1060. The van der Waals surface area contributed by atoms with Gasteiger partial charge in [-0.25, -0.2) is 0 Å². The van der Waals surface area contributed by atoms with E-state index in [1.54, 1.807) is 35.2 Å². The molecule has 1 aliphatic heterocycles. The molecule has 1 fully saturated rings. The van der Waals surface area contributed by atoms with Crippen LogP contribution in [-0.2, 0) is 6.18 Å². The van der Waals surface area contributed by atoms with E-state index in [1.165, 1.54) is 0 Å². The van der Waals surface area contributed by atoms with Crippen molar-refractivity contribution in [3.05, 3.63) is 65.5 Å². The summed E-state index contributed by atoms with van der Waals surface area (Å²) in [6.45, 7) is 2.93. The highest BCUT2D eigenvalue weighted by molar-refractivity contribution is 5.94. The maximum Gasteiger partial charge on any atom is 0.471 e. The van der Waals surface area contributed by atoms with E-state index >= 15 is 0 Å². The van der Waals surface area contributed by atoms with Crippen LogP contribution in [0.15, 0.2) is 53.1 Å². The Hall–Kier alpha value is -3.36. The average molecular weight is 417 g/mol. The summed E-state index contributed by atoms with van der Waals surface area (Å²) in [5, 5.41) is 3.39. The molecular formula is C21H18F3N3O3. The number of halogens is 3. The molecule has 9 heteroatoms. The molecule has 1 amide bonds. The molecule has 0 bridgehead atoms. The second-order valence-corrected chi connectivity index (χ2v) is 7.10. The summed E-state index contributed by atoms with van der Waals surface area (Å²) in [5.41, 5.74) is 1.99. The molecule has 4 rings (SSSR count). The quantitative estimate of drug-likeness (QED) is 0.631. The van der Waals surface area contributed by atoms with E-state index in [0.29, 0.717) is 36.4 Å². The van der Waals surface area contributed by atoms with Crippen molar-refractivity contribution >= 4 is 5.91 Å². The van der Waals surface area contributed by atoms with E-state index in [0.717, 1.165) is 5.56 Å². The molecule has 0 spiro atoms. The largest absolute Gasteiger partial charge is 0.488 e. The van der Waals surface area contributed by atoms with Crippen molar-refractivity contribution in [2.75, 3.05) is 13.1 Å². The van der Waals surface area contributed by atoms with Gasteiger partial charge in [-0.2, -0.15) is 18.2 Å². The third-order valence-electron chi connectivity index (χ3n) is 4.76. The highest BCUT2D eigenvalue weighted by Gasteiger charge is 2.38. The van der Waals surface area contributed by atoms with Gasteiger partial charge in [0.25, 0.3) is 5.91 Å². The molecule has 0 unspecified atom stereocenters. The fourth-order valence-corrected chi connectivity index (χ4v) is 3.33. The third-order valence-corrected chi connectivity index (χ3v) is 4.76. The summed E-state index contributed by atoms with van der Waals surface area (Å²) in [5.74, 6) is -1.16. The van der Waals surface area contributed by atoms with Gasteiger partial charge in [-0.05, 0) is 31.2 Å². The van der Waals surface area contributed by atoms with E-state index in [-0.39, 0.29) is 17.8 Å². The van der Waals surface area contributed by atoms with Gasteiger partial charge in [0.2, 0.25) is 5.82 Å². The van der Waals surface area contributed by atoms with Gasteiger partial charge in [0.1, 0.15) is 11.9 Å². The average Bonchev–Trinajstić information content (AvgIpc) is 3.37. The molecule has 2 heterocycles. The van der Waals surface area contributed by atoms with Crippen molar-refractivity contribution in [3.8, 4) is 17.1 Å². The number of alkyl halides is 3. The van der Waals surface area contributed by atoms with Crippen LogP contribution in [0.5, 0.6) is 5.75 Å². The van der Waals surface area contributed by atoms with E-state index in [4.69, 9.17) is 4.74 Å². The number of carbonyl (C=O) groups is 1. The lowest BCUT2D eigenvalue weighted by Crippen LogP contribution is -2.30. The number of nitrogens with zero attached hydrogens (tertiary/aromatic N) is 3. The van der Waals surface area contributed by atoms with Gasteiger partial charge in [-0.15, -0.1) is 0 Å². The standard InChI is InChI=1S/C21H18F3N3O3/c1-13-4-2-6-15(10-13)19(28)27-9-8-17(12-27)29-16-7-3-5-14(11-16)18-25-20(30-26-18)21(22,23)24/h2-7,10-11,17H,8-9,12H2,1H3/t17-/m1/s1.